The summed E-state index contributed by atoms with van der Waals surface area (Å²) in [6.45, 7) is 1.41. The molecular formula is C13H15ClF3NO2. The molecule has 3 nitrogen and oxygen atoms in total. The van der Waals surface area contributed by atoms with Gasteiger partial charge in [-0.25, -0.2) is 0 Å². The summed E-state index contributed by atoms with van der Waals surface area (Å²) in [6.07, 6.45) is -3.51. The minimum Gasteiger partial charge on any atom is -0.405 e. The van der Waals surface area contributed by atoms with Gasteiger partial charge in [-0.1, -0.05) is 12.1 Å². The van der Waals surface area contributed by atoms with Gasteiger partial charge >= 0.3 is 6.36 Å². The number of piperidine rings is 1. The Morgan fingerprint density at radius 1 is 1.20 bits per heavy atom. The number of nitrogens with one attached hydrogen (secondary N) is 1. The Morgan fingerprint density at radius 3 is 2.40 bits per heavy atom. The van der Waals surface area contributed by atoms with Crippen LogP contribution in [0.5, 0.6) is 5.75 Å². The Kier molecular flexibility index (Phi) is 5.83. The van der Waals surface area contributed by atoms with Crippen molar-refractivity contribution in [3.63, 3.8) is 0 Å². The summed E-state index contributed by atoms with van der Waals surface area (Å²) in [6, 6.07) is 5.51. The van der Waals surface area contributed by atoms with Crippen molar-refractivity contribution in [2.24, 2.45) is 5.92 Å². The number of alkyl halides is 3. The van der Waals surface area contributed by atoms with Crippen molar-refractivity contribution in [2.75, 3.05) is 13.1 Å². The first kappa shape index (κ1) is 16.8. The van der Waals surface area contributed by atoms with Crippen molar-refractivity contribution in [3.8, 4) is 5.75 Å². The number of para-hydroxylation sites is 1. The first-order chi connectivity index (χ1) is 8.97. The van der Waals surface area contributed by atoms with Crippen LogP contribution in [-0.2, 0) is 0 Å². The van der Waals surface area contributed by atoms with E-state index in [1.807, 2.05) is 0 Å². The number of ketones is 1. The number of Topliss-reactive ketones (excluding diaryl/α,β-unsaturated/α-hetero) is 1. The van der Waals surface area contributed by atoms with Gasteiger partial charge in [0.15, 0.2) is 5.78 Å². The molecule has 2 rings (SSSR count). The van der Waals surface area contributed by atoms with Gasteiger partial charge in [0.25, 0.3) is 0 Å². The van der Waals surface area contributed by atoms with Crippen molar-refractivity contribution < 1.29 is 22.7 Å². The van der Waals surface area contributed by atoms with Gasteiger partial charge in [-0.2, -0.15) is 0 Å². The monoisotopic (exact) mass is 309 g/mol. The summed E-state index contributed by atoms with van der Waals surface area (Å²) < 4.78 is 40.8. The number of carbonyl (C=O) groups is 1. The largest absolute Gasteiger partial charge is 0.573 e. The summed E-state index contributed by atoms with van der Waals surface area (Å²) in [5, 5.41) is 3.11. The van der Waals surface area contributed by atoms with Crippen molar-refractivity contribution in [1.82, 2.24) is 5.32 Å². The molecule has 0 aliphatic carbocycles. The van der Waals surface area contributed by atoms with E-state index in [2.05, 4.69) is 10.1 Å². The first-order valence-corrected chi connectivity index (χ1v) is 6.07. The van der Waals surface area contributed by atoms with Gasteiger partial charge in [-0.15, -0.1) is 25.6 Å². The molecule has 0 aromatic heterocycles. The van der Waals surface area contributed by atoms with Crippen LogP contribution in [0, 0.1) is 5.92 Å². The maximum absolute atomic E-state index is 12.3. The van der Waals surface area contributed by atoms with E-state index in [1.54, 1.807) is 0 Å². The highest BCUT2D eigenvalue weighted by molar-refractivity contribution is 6.00. The molecule has 0 amide bonds. The number of benzene rings is 1. The Balaban J connectivity index is 0.00000200. The van der Waals surface area contributed by atoms with Crippen LogP contribution in [0.2, 0.25) is 0 Å². The Morgan fingerprint density at radius 2 is 1.80 bits per heavy atom. The smallest absolute Gasteiger partial charge is 0.405 e. The quantitative estimate of drug-likeness (QED) is 0.872. The fourth-order valence-electron chi connectivity index (χ4n) is 2.19. The first-order valence-electron chi connectivity index (χ1n) is 6.07. The highest BCUT2D eigenvalue weighted by Crippen LogP contribution is 2.29. The maximum atomic E-state index is 12.3. The fourth-order valence-corrected chi connectivity index (χ4v) is 2.19. The van der Waals surface area contributed by atoms with E-state index in [9.17, 15) is 18.0 Å². The van der Waals surface area contributed by atoms with E-state index in [4.69, 9.17) is 0 Å². The Hall–Kier alpha value is -1.27. The zero-order valence-electron chi connectivity index (χ0n) is 10.6. The van der Waals surface area contributed by atoms with Gasteiger partial charge in [0, 0.05) is 5.92 Å². The number of halogens is 4. The standard InChI is InChI=1S/C13H14F3NO2.ClH/c14-13(15,16)19-11-4-2-1-3-10(11)12(18)9-5-7-17-8-6-9;/h1-4,9,17H,5-8H2;1H. The van der Waals surface area contributed by atoms with Crippen molar-refractivity contribution in [1.29, 1.82) is 0 Å². The lowest BCUT2D eigenvalue weighted by atomic mass is 9.89. The predicted octanol–water partition coefficient (Wildman–Crippen LogP) is 3.19. The van der Waals surface area contributed by atoms with Gasteiger partial charge in [-0.3, -0.25) is 4.79 Å². The van der Waals surface area contributed by atoms with E-state index in [1.165, 1.54) is 24.3 Å². The molecule has 0 atom stereocenters. The molecule has 20 heavy (non-hydrogen) atoms. The molecule has 7 heteroatoms. The molecule has 1 aliphatic rings. The summed E-state index contributed by atoms with van der Waals surface area (Å²) >= 11 is 0. The second kappa shape index (κ2) is 6.95. The van der Waals surface area contributed by atoms with Gasteiger partial charge < -0.3 is 10.1 Å². The summed E-state index contributed by atoms with van der Waals surface area (Å²) in [5.41, 5.74) is 0.00623. The number of rotatable bonds is 3. The number of hydrogen-bond acceptors (Lipinski definition) is 3. The third-order valence-corrected chi connectivity index (χ3v) is 3.09. The molecule has 1 aromatic rings. The van der Waals surface area contributed by atoms with Crippen LogP contribution in [0.1, 0.15) is 23.2 Å². The summed E-state index contributed by atoms with van der Waals surface area (Å²) in [5.74, 6) is -0.931. The third-order valence-electron chi connectivity index (χ3n) is 3.09. The van der Waals surface area contributed by atoms with E-state index < -0.39 is 12.1 Å². The SMILES string of the molecule is Cl.O=C(c1ccccc1OC(F)(F)F)C1CCNCC1. The molecule has 0 bridgehead atoms. The maximum Gasteiger partial charge on any atom is 0.573 e. The minimum absolute atomic E-state index is 0. The van der Waals surface area contributed by atoms with Crippen LogP contribution < -0.4 is 10.1 Å². The average Bonchev–Trinajstić information content (AvgIpc) is 2.38. The normalized spacial score (nSPS) is 16.4. The summed E-state index contributed by atoms with van der Waals surface area (Å²) in [4.78, 5) is 12.2. The van der Waals surface area contributed by atoms with Crippen molar-refractivity contribution >= 4 is 18.2 Å². The molecule has 0 saturated carbocycles. The van der Waals surface area contributed by atoms with Crippen LogP contribution in [-0.4, -0.2) is 25.2 Å². The van der Waals surface area contributed by atoms with E-state index >= 15 is 0 Å². The van der Waals surface area contributed by atoms with Gasteiger partial charge in [-0.05, 0) is 38.1 Å². The highest BCUT2D eigenvalue weighted by Gasteiger charge is 2.33. The lowest BCUT2D eigenvalue weighted by Crippen LogP contribution is -2.32. The fraction of sp³-hybridized carbons (Fsp3) is 0.462. The van der Waals surface area contributed by atoms with Crippen LogP contribution in [0.15, 0.2) is 24.3 Å². The molecular weight excluding hydrogens is 295 g/mol. The minimum atomic E-state index is -4.79. The molecule has 1 heterocycles. The highest BCUT2D eigenvalue weighted by atomic mass is 35.5. The van der Waals surface area contributed by atoms with Crippen LogP contribution >= 0.6 is 12.4 Å². The predicted molar refractivity (Wildman–Crippen MR) is 70.3 cm³/mol. The van der Waals surface area contributed by atoms with Crippen LogP contribution in [0.3, 0.4) is 0 Å². The molecule has 112 valence electrons. The average molecular weight is 310 g/mol. The molecule has 1 saturated heterocycles. The van der Waals surface area contributed by atoms with Crippen LogP contribution in [0.4, 0.5) is 13.2 Å². The second-order valence-electron chi connectivity index (χ2n) is 4.43. The molecule has 1 fully saturated rings. The lowest BCUT2D eigenvalue weighted by Gasteiger charge is -2.22. The summed E-state index contributed by atoms with van der Waals surface area (Å²) in [7, 11) is 0. The zero-order valence-corrected chi connectivity index (χ0v) is 11.4. The van der Waals surface area contributed by atoms with Crippen molar-refractivity contribution in [3.05, 3.63) is 29.8 Å². The van der Waals surface area contributed by atoms with Crippen LogP contribution in [0.25, 0.3) is 0 Å². The van der Waals surface area contributed by atoms with Gasteiger partial charge in [0.1, 0.15) is 5.75 Å². The van der Waals surface area contributed by atoms with Gasteiger partial charge in [0.2, 0.25) is 0 Å². The van der Waals surface area contributed by atoms with E-state index in [0.717, 1.165) is 0 Å². The zero-order chi connectivity index (χ0) is 13.9. The molecule has 1 aliphatic heterocycles. The molecule has 1 N–H and O–H groups in total. The number of carbonyl (C=O) groups excluding carboxylic acids is 1. The van der Waals surface area contributed by atoms with Gasteiger partial charge in [0.05, 0.1) is 5.56 Å². The second-order valence-corrected chi connectivity index (χ2v) is 4.43. The number of hydrogen-bond donors (Lipinski definition) is 1. The topological polar surface area (TPSA) is 38.3 Å². The lowest BCUT2D eigenvalue weighted by molar-refractivity contribution is -0.274. The van der Waals surface area contributed by atoms with E-state index in [-0.39, 0.29) is 29.7 Å². The third kappa shape index (κ3) is 4.38. The molecule has 0 radical (unpaired) electrons. The Bertz CT molecular complexity index is 459. The van der Waals surface area contributed by atoms with Crippen molar-refractivity contribution in [2.45, 2.75) is 19.2 Å². The number of ether oxygens (including phenoxy) is 1. The Labute approximate surface area is 120 Å². The molecule has 0 unspecified atom stereocenters. The van der Waals surface area contributed by atoms with E-state index in [0.29, 0.717) is 25.9 Å². The molecule has 1 aromatic carbocycles. The molecule has 0 spiro atoms.